The number of hydrogen-bond acceptors (Lipinski definition) is 2. The molecule has 0 unspecified atom stereocenters. The molecule has 0 spiro atoms. The summed E-state index contributed by atoms with van der Waals surface area (Å²) in [6.07, 6.45) is 0. The van der Waals surface area contributed by atoms with E-state index in [-0.39, 0.29) is 5.91 Å². The number of benzene rings is 2. The van der Waals surface area contributed by atoms with Gasteiger partial charge in [0.1, 0.15) is 0 Å². The minimum Gasteiger partial charge on any atom is -0.345 e. The molecule has 2 aromatic carbocycles. The van der Waals surface area contributed by atoms with Crippen LogP contribution in [0.1, 0.15) is 21.5 Å². The molecule has 2 aliphatic heterocycles. The van der Waals surface area contributed by atoms with Crippen molar-refractivity contribution in [3.63, 3.8) is 0 Å². The molecule has 94 valence electrons. The summed E-state index contributed by atoms with van der Waals surface area (Å²) in [4.78, 5) is 14.3. The van der Waals surface area contributed by atoms with Crippen molar-refractivity contribution in [1.29, 1.82) is 0 Å². The number of carbonyl (C=O) groups is 1. The van der Waals surface area contributed by atoms with Gasteiger partial charge < -0.3 is 4.74 Å². The summed E-state index contributed by atoms with van der Waals surface area (Å²) in [7, 11) is 0. The van der Waals surface area contributed by atoms with Crippen molar-refractivity contribution < 1.29 is 9.53 Å². The summed E-state index contributed by atoms with van der Waals surface area (Å²) < 4.78 is 6.05. The third kappa shape index (κ3) is 1.23. The van der Waals surface area contributed by atoms with Gasteiger partial charge in [0.2, 0.25) is 0 Å². The SMILES string of the molecule is O=C1c2ccccc2[C@@]2(c3ccccc3)OCCN12. The zero-order valence-corrected chi connectivity index (χ0v) is 10.4. The molecule has 1 fully saturated rings. The van der Waals surface area contributed by atoms with E-state index in [1.165, 1.54) is 0 Å². The number of rotatable bonds is 1. The van der Waals surface area contributed by atoms with Gasteiger partial charge in [0.25, 0.3) is 5.91 Å². The normalized spacial score (nSPS) is 24.4. The lowest BCUT2D eigenvalue weighted by Gasteiger charge is -2.31. The molecule has 1 saturated heterocycles. The summed E-state index contributed by atoms with van der Waals surface area (Å²) in [5.74, 6) is 0.0666. The van der Waals surface area contributed by atoms with Crippen LogP contribution in [-0.4, -0.2) is 24.0 Å². The smallest absolute Gasteiger partial charge is 0.257 e. The van der Waals surface area contributed by atoms with Crippen LogP contribution in [0.5, 0.6) is 0 Å². The molecular formula is C16H13NO2. The van der Waals surface area contributed by atoms with Gasteiger partial charge in [-0.2, -0.15) is 0 Å². The standard InChI is InChI=1S/C16H13NO2/c18-15-13-8-4-5-9-14(13)16(17(15)10-11-19-16)12-6-2-1-3-7-12/h1-9H,10-11H2/t16-/m1/s1. The first kappa shape index (κ1) is 10.8. The van der Waals surface area contributed by atoms with Gasteiger partial charge in [-0.25, -0.2) is 0 Å². The Kier molecular flexibility index (Phi) is 2.09. The lowest BCUT2D eigenvalue weighted by atomic mass is 9.94. The van der Waals surface area contributed by atoms with Gasteiger partial charge in [0.05, 0.1) is 6.61 Å². The minimum atomic E-state index is -0.713. The van der Waals surface area contributed by atoms with Crippen LogP contribution in [0.2, 0.25) is 0 Å². The van der Waals surface area contributed by atoms with Gasteiger partial charge in [0, 0.05) is 23.2 Å². The Bertz CT molecular complexity index is 653. The van der Waals surface area contributed by atoms with E-state index in [1.54, 1.807) is 0 Å². The van der Waals surface area contributed by atoms with Gasteiger partial charge >= 0.3 is 0 Å². The third-order valence-corrected chi connectivity index (χ3v) is 3.94. The number of hydrogen-bond donors (Lipinski definition) is 0. The molecule has 2 aromatic rings. The fraction of sp³-hybridized carbons (Fsp3) is 0.188. The molecule has 19 heavy (non-hydrogen) atoms. The molecule has 0 bridgehead atoms. The fourth-order valence-corrected chi connectivity index (χ4v) is 3.16. The van der Waals surface area contributed by atoms with Crippen LogP contribution in [0.4, 0.5) is 0 Å². The highest BCUT2D eigenvalue weighted by atomic mass is 16.5. The molecule has 0 saturated carbocycles. The van der Waals surface area contributed by atoms with E-state index >= 15 is 0 Å². The van der Waals surface area contributed by atoms with Gasteiger partial charge in [0.15, 0.2) is 5.72 Å². The van der Waals surface area contributed by atoms with Crippen LogP contribution in [0.3, 0.4) is 0 Å². The van der Waals surface area contributed by atoms with Crippen LogP contribution in [-0.2, 0) is 10.5 Å². The second kappa shape index (κ2) is 3.68. The second-order valence-corrected chi connectivity index (χ2v) is 4.86. The first-order valence-electron chi connectivity index (χ1n) is 6.45. The van der Waals surface area contributed by atoms with Crippen molar-refractivity contribution in [2.45, 2.75) is 5.72 Å². The van der Waals surface area contributed by atoms with Gasteiger partial charge in [-0.1, -0.05) is 48.5 Å². The highest BCUT2D eigenvalue weighted by Gasteiger charge is 2.54. The Labute approximate surface area is 111 Å². The molecule has 2 heterocycles. The summed E-state index contributed by atoms with van der Waals surface area (Å²) in [5, 5.41) is 0. The highest BCUT2D eigenvalue weighted by Crippen LogP contribution is 2.47. The molecule has 4 rings (SSSR count). The quantitative estimate of drug-likeness (QED) is 0.778. The Hall–Kier alpha value is -2.13. The largest absolute Gasteiger partial charge is 0.345 e. The van der Waals surface area contributed by atoms with E-state index in [2.05, 4.69) is 0 Å². The van der Waals surface area contributed by atoms with Crippen molar-refractivity contribution in [1.82, 2.24) is 4.90 Å². The van der Waals surface area contributed by atoms with E-state index < -0.39 is 5.72 Å². The molecule has 0 N–H and O–H groups in total. The summed E-state index contributed by atoms with van der Waals surface area (Å²) in [6, 6.07) is 17.7. The van der Waals surface area contributed by atoms with Crippen LogP contribution in [0, 0.1) is 0 Å². The lowest BCUT2D eigenvalue weighted by Crippen LogP contribution is -2.40. The first-order valence-corrected chi connectivity index (χ1v) is 6.45. The lowest BCUT2D eigenvalue weighted by molar-refractivity contribution is -0.0304. The summed E-state index contributed by atoms with van der Waals surface area (Å²) in [6.45, 7) is 1.22. The maximum Gasteiger partial charge on any atom is 0.257 e. The molecule has 3 heteroatoms. The zero-order chi connectivity index (χ0) is 12.9. The molecule has 3 nitrogen and oxygen atoms in total. The van der Waals surface area contributed by atoms with Crippen molar-refractivity contribution in [3.8, 4) is 0 Å². The van der Waals surface area contributed by atoms with Crippen LogP contribution in [0.25, 0.3) is 0 Å². The van der Waals surface area contributed by atoms with Gasteiger partial charge in [-0.3, -0.25) is 9.69 Å². The predicted octanol–water partition coefficient (Wildman–Crippen LogP) is 2.37. The van der Waals surface area contributed by atoms with Crippen molar-refractivity contribution in [2.75, 3.05) is 13.2 Å². The van der Waals surface area contributed by atoms with Gasteiger partial charge in [-0.05, 0) is 6.07 Å². The fourth-order valence-electron chi connectivity index (χ4n) is 3.16. The number of ether oxygens (including phenoxy) is 1. The minimum absolute atomic E-state index is 0.0666. The van der Waals surface area contributed by atoms with Gasteiger partial charge in [-0.15, -0.1) is 0 Å². The number of carbonyl (C=O) groups excluding carboxylic acids is 1. The number of fused-ring (bicyclic) bond motifs is 3. The maximum atomic E-state index is 12.5. The van der Waals surface area contributed by atoms with Crippen molar-refractivity contribution in [3.05, 3.63) is 71.3 Å². The van der Waals surface area contributed by atoms with Crippen LogP contribution >= 0.6 is 0 Å². The second-order valence-electron chi connectivity index (χ2n) is 4.86. The van der Waals surface area contributed by atoms with Crippen LogP contribution < -0.4 is 0 Å². The average molecular weight is 251 g/mol. The molecule has 0 radical (unpaired) electrons. The molecule has 2 aliphatic rings. The van der Waals surface area contributed by atoms with E-state index in [0.29, 0.717) is 13.2 Å². The Morgan fingerprint density at radius 1 is 1.00 bits per heavy atom. The van der Waals surface area contributed by atoms with E-state index in [4.69, 9.17) is 4.74 Å². The number of amides is 1. The Morgan fingerprint density at radius 3 is 2.58 bits per heavy atom. The molecular weight excluding hydrogens is 238 g/mol. The topological polar surface area (TPSA) is 29.5 Å². The van der Waals surface area contributed by atoms with E-state index in [1.807, 2.05) is 59.5 Å². The highest BCUT2D eigenvalue weighted by molar-refractivity contribution is 6.00. The maximum absolute atomic E-state index is 12.5. The molecule has 1 amide bonds. The van der Waals surface area contributed by atoms with Crippen molar-refractivity contribution >= 4 is 5.91 Å². The molecule has 1 atom stereocenters. The Balaban J connectivity index is 2.02. The van der Waals surface area contributed by atoms with E-state index in [0.717, 1.165) is 16.7 Å². The van der Waals surface area contributed by atoms with Crippen LogP contribution in [0.15, 0.2) is 54.6 Å². The molecule has 0 aromatic heterocycles. The van der Waals surface area contributed by atoms with Crippen molar-refractivity contribution in [2.24, 2.45) is 0 Å². The summed E-state index contributed by atoms with van der Waals surface area (Å²) in [5.41, 5.74) is 2.02. The average Bonchev–Trinajstić information content (AvgIpc) is 3.01. The zero-order valence-electron chi connectivity index (χ0n) is 10.4. The first-order chi connectivity index (χ1) is 9.34. The number of nitrogens with zero attached hydrogens (tertiary/aromatic N) is 1. The third-order valence-electron chi connectivity index (χ3n) is 3.94. The molecule has 0 aliphatic carbocycles. The summed E-state index contributed by atoms with van der Waals surface area (Å²) >= 11 is 0. The predicted molar refractivity (Wildman–Crippen MR) is 70.7 cm³/mol. The van der Waals surface area contributed by atoms with E-state index in [9.17, 15) is 4.79 Å². The monoisotopic (exact) mass is 251 g/mol. The Morgan fingerprint density at radius 2 is 1.74 bits per heavy atom.